The molecule has 1 fully saturated rings. The van der Waals surface area contributed by atoms with E-state index in [0.29, 0.717) is 12.5 Å². The van der Waals surface area contributed by atoms with Crippen LogP contribution in [0.15, 0.2) is 42.5 Å². The van der Waals surface area contributed by atoms with Gasteiger partial charge in [0.05, 0.1) is 11.2 Å². The van der Waals surface area contributed by atoms with Gasteiger partial charge in [-0.05, 0) is 37.0 Å². The third-order valence-electron chi connectivity index (χ3n) is 4.66. The summed E-state index contributed by atoms with van der Waals surface area (Å²) in [6, 6.07) is 12.1. The van der Waals surface area contributed by atoms with Gasteiger partial charge in [-0.2, -0.15) is 0 Å². The van der Waals surface area contributed by atoms with Crippen molar-refractivity contribution in [3.05, 3.63) is 48.2 Å². The van der Waals surface area contributed by atoms with E-state index in [9.17, 15) is 4.79 Å². The number of piperidine rings is 1. The molecule has 2 heterocycles. The SMILES string of the molecule is CC1CCCN(C(=O)C=Cc2ccc3ccccc3n2)C1CN. The summed E-state index contributed by atoms with van der Waals surface area (Å²) in [5.74, 6) is 0.492. The Morgan fingerprint density at radius 1 is 1.35 bits per heavy atom. The fraction of sp³-hybridized carbons (Fsp3) is 0.368. The molecule has 0 bridgehead atoms. The number of pyridine rings is 1. The molecular weight excluding hydrogens is 286 g/mol. The van der Waals surface area contributed by atoms with E-state index in [1.165, 1.54) is 0 Å². The first kappa shape index (κ1) is 15.7. The summed E-state index contributed by atoms with van der Waals surface area (Å²) in [5, 5.41) is 1.10. The van der Waals surface area contributed by atoms with Gasteiger partial charge >= 0.3 is 0 Å². The lowest BCUT2D eigenvalue weighted by atomic mass is 9.90. The fourth-order valence-corrected chi connectivity index (χ4v) is 3.31. The van der Waals surface area contributed by atoms with E-state index in [2.05, 4.69) is 11.9 Å². The van der Waals surface area contributed by atoms with Crippen LogP contribution >= 0.6 is 0 Å². The summed E-state index contributed by atoms with van der Waals surface area (Å²) in [7, 11) is 0. The molecule has 1 aliphatic heterocycles. The summed E-state index contributed by atoms with van der Waals surface area (Å²) in [6.45, 7) is 3.49. The van der Waals surface area contributed by atoms with E-state index in [4.69, 9.17) is 5.73 Å². The highest BCUT2D eigenvalue weighted by Crippen LogP contribution is 2.23. The lowest BCUT2D eigenvalue weighted by molar-refractivity contribution is -0.130. The summed E-state index contributed by atoms with van der Waals surface area (Å²) in [4.78, 5) is 19.0. The number of nitrogens with zero attached hydrogens (tertiary/aromatic N) is 2. The minimum atomic E-state index is 0.0296. The standard InChI is InChI=1S/C19H23N3O/c1-14-5-4-12-22(18(14)13-20)19(23)11-10-16-9-8-15-6-2-3-7-17(15)21-16/h2-3,6-11,14,18H,4-5,12-13,20H2,1H3. The number of benzene rings is 1. The van der Waals surface area contributed by atoms with Gasteiger partial charge < -0.3 is 10.6 Å². The van der Waals surface area contributed by atoms with E-state index >= 15 is 0 Å². The number of hydrogen-bond acceptors (Lipinski definition) is 3. The Morgan fingerprint density at radius 2 is 2.17 bits per heavy atom. The predicted molar refractivity (Wildman–Crippen MR) is 93.7 cm³/mol. The van der Waals surface area contributed by atoms with Crippen LogP contribution in [0.5, 0.6) is 0 Å². The molecule has 1 saturated heterocycles. The second-order valence-corrected chi connectivity index (χ2v) is 6.22. The molecule has 2 aromatic rings. The van der Waals surface area contributed by atoms with E-state index in [1.54, 1.807) is 12.2 Å². The van der Waals surface area contributed by atoms with Gasteiger partial charge in [0.2, 0.25) is 5.91 Å². The van der Waals surface area contributed by atoms with E-state index in [-0.39, 0.29) is 11.9 Å². The molecule has 2 unspecified atom stereocenters. The van der Waals surface area contributed by atoms with Crippen LogP contribution in [0, 0.1) is 5.92 Å². The Balaban J connectivity index is 1.76. The Kier molecular flexibility index (Phi) is 4.72. The van der Waals surface area contributed by atoms with E-state index in [0.717, 1.165) is 36.0 Å². The van der Waals surface area contributed by atoms with Crippen molar-refractivity contribution in [2.24, 2.45) is 11.7 Å². The highest BCUT2D eigenvalue weighted by atomic mass is 16.2. The second-order valence-electron chi connectivity index (χ2n) is 6.22. The Labute approximate surface area is 137 Å². The van der Waals surface area contributed by atoms with Crippen molar-refractivity contribution in [3.63, 3.8) is 0 Å². The average Bonchev–Trinajstić information content (AvgIpc) is 2.59. The molecule has 2 N–H and O–H groups in total. The smallest absolute Gasteiger partial charge is 0.246 e. The zero-order valence-corrected chi connectivity index (χ0v) is 13.5. The molecule has 0 radical (unpaired) electrons. The highest BCUT2D eigenvalue weighted by molar-refractivity contribution is 5.92. The number of carbonyl (C=O) groups excluding carboxylic acids is 1. The third-order valence-corrected chi connectivity index (χ3v) is 4.66. The molecule has 1 aromatic heterocycles. The minimum absolute atomic E-state index is 0.0296. The Bertz CT molecular complexity index is 725. The van der Waals surface area contributed by atoms with Crippen molar-refractivity contribution in [1.82, 2.24) is 9.88 Å². The molecule has 4 heteroatoms. The van der Waals surface area contributed by atoms with Crippen LogP contribution in [-0.4, -0.2) is 34.9 Å². The van der Waals surface area contributed by atoms with E-state index in [1.807, 2.05) is 41.3 Å². The number of carbonyl (C=O) groups is 1. The first-order chi connectivity index (χ1) is 11.2. The van der Waals surface area contributed by atoms with Crippen LogP contribution in [0.25, 0.3) is 17.0 Å². The second kappa shape index (κ2) is 6.92. The number of nitrogens with two attached hydrogens (primary N) is 1. The van der Waals surface area contributed by atoms with Gasteiger partial charge in [-0.1, -0.05) is 31.2 Å². The Hall–Kier alpha value is -2.20. The molecule has 1 aromatic carbocycles. The van der Waals surface area contributed by atoms with E-state index < -0.39 is 0 Å². The van der Waals surface area contributed by atoms with Crippen molar-refractivity contribution in [2.45, 2.75) is 25.8 Å². The molecule has 23 heavy (non-hydrogen) atoms. The highest BCUT2D eigenvalue weighted by Gasteiger charge is 2.29. The fourth-order valence-electron chi connectivity index (χ4n) is 3.31. The van der Waals surface area contributed by atoms with Crippen molar-refractivity contribution in [3.8, 4) is 0 Å². The number of fused-ring (bicyclic) bond motifs is 1. The summed E-state index contributed by atoms with van der Waals surface area (Å²) in [6.07, 6.45) is 5.60. The predicted octanol–water partition coefficient (Wildman–Crippen LogP) is 2.83. The van der Waals surface area contributed by atoms with Crippen LogP contribution in [0.2, 0.25) is 0 Å². The van der Waals surface area contributed by atoms with Crippen LogP contribution in [0.3, 0.4) is 0 Å². The first-order valence-corrected chi connectivity index (χ1v) is 8.23. The summed E-state index contributed by atoms with van der Waals surface area (Å²) in [5.41, 5.74) is 7.60. The zero-order chi connectivity index (χ0) is 16.2. The topological polar surface area (TPSA) is 59.2 Å². The van der Waals surface area contributed by atoms with Crippen LogP contribution in [0.1, 0.15) is 25.5 Å². The molecule has 2 atom stereocenters. The molecule has 120 valence electrons. The Morgan fingerprint density at radius 3 is 3.00 bits per heavy atom. The van der Waals surface area contributed by atoms with Crippen molar-refractivity contribution >= 4 is 22.9 Å². The third kappa shape index (κ3) is 3.42. The van der Waals surface area contributed by atoms with Crippen LogP contribution in [0.4, 0.5) is 0 Å². The minimum Gasteiger partial charge on any atom is -0.335 e. The van der Waals surface area contributed by atoms with Crippen LogP contribution in [-0.2, 0) is 4.79 Å². The van der Waals surface area contributed by atoms with Crippen molar-refractivity contribution < 1.29 is 4.79 Å². The van der Waals surface area contributed by atoms with Gasteiger partial charge in [-0.25, -0.2) is 4.98 Å². The molecule has 4 nitrogen and oxygen atoms in total. The molecule has 3 rings (SSSR count). The van der Waals surface area contributed by atoms with Gasteiger partial charge in [-0.15, -0.1) is 0 Å². The number of likely N-dealkylation sites (tertiary alicyclic amines) is 1. The number of para-hydroxylation sites is 1. The summed E-state index contributed by atoms with van der Waals surface area (Å²) >= 11 is 0. The maximum absolute atomic E-state index is 12.5. The van der Waals surface area contributed by atoms with Gasteiger partial charge in [0.25, 0.3) is 0 Å². The monoisotopic (exact) mass is 309 g/mol. The number of aromatic nitrogens is 1. The molecular formula is C19H23N3O. The number of rotatable bonds is 3. The maximum Gasteiger partial charge on any atom is 0.246 e. The first-order valence-electron chi connectivity index (χ1n) is 8.23. The lowest BCUT2D eigenvalue weighted by Gasteiger charge is -2.38. The van der Waals surface area contributed by atoms with Crippen molar-refractivity contribution in [1.29, 1.82) is 0 Å². The number of amides is 1. The van der Waals surface area contributed by atoms with Gasteiger partial charge in [0.15, 0.2) is 0 Å². The molecule has 0 aliphatic carbocycles. The molecule has 1 aliphatic rings. The largest absolute Gasteiger partial charge is 0.335 e. The average molecular weight is 309 g/mol. The normalized spacial score (nSPS) is 21.9. The molecule has 0 spiro atoms. The maximum atomic E-state index is 12.5. The lowest BCUT2D eigenvalue weighted by Crippen LogP contribution is -2.50. The quantitative estimate of drug-likeness (QED) is 0.887. The number of hydrogen-bond donors (Lipinski definition) is 1. The van der Waals surface area contributed by atoms with Gasteiger partial charge in [0.1, 0.15) is 0 Å². The van der Waals surface area contributed by atoms with Gasteiger partial charge in [0, 0.05) is 30.6 Å². The van der Waals surface area contributed by atoms with Gasteiger partial charge in [-0.3, -0.25) is 4.79 Å². The molecule has 1 amide bonds. The van der Waals surface area contributed by atoms with Crippen LogP contribution < -0.4 is 5.73 Å². The zero-order valence-electron chi connectivity index (χ0n) is 13.5. The summed E-state index contributed by atoms with van der Waals surface area (Å²) < 4.78 is 0. The molecule has 0 saturated carbocycles. The van der Waals surface area contributed by atoms with Crippen molar-refractivity contribution in [2.75, 3.05) is 13.1 Å².